The van der Waals surface area contributed by atoms with Gasteiger partial charge in [-0.2, -0.15) is 0 Å². The van der Waals surface area contributed by atoms with Crippen LogP contribution in [0.1, 0.15) is 144 Å². The van der Waals surface area contributed by atoms with E-state index in [0.29, 0.717) is 64.8 Å². The van der Waals surface area contributed by atoms with Crippen molar-refractivity contribution in [2.24, 2.45) is 0 Å². The Morgan fingerprint density at radius 1 is 0.417 bits per heavy atom. The average Bonchev–Trinajstić information content (AvgIpc) is 2.97. The molecular formula is C35H64N2O11. The SMILES string of the molecule is CC(C)(C)OC(=O)NCCCCCC(=O)OCCCCCCOC(=O)OCCCCCCOC(=O)CCCCCNC(=O)OC(C)(C)C. The van der Waals surface area contributed by atoms with Crippen LogP contribution in [0.3, 0.4) is 0 Å². The van der Waals surface area contributed by atoms with E-state index in [4.69, 9.17) is 28.4 Å². The molecule has 0 aromatic rings. The Kier molecular flexibility index (Phi) is 25.8. The Labute approximate surface area is 288 Å². The van der Waals surface area contributed by atoms with E-state index in [1.807, 2.05) is 41.5 Å². The van der Waals surface area contributed by atoms with E-state index in [0.717, 1.165) is 64.2 Å². The summed E-state index contributed by atoms with van der Waals surface area (Å²) in [5.74, 6) is -0.425. The molecule has 0 bridgehead atoms. The number of carbonyl (C=O) groups is 5. The Morgan fingerprint density at radius 2 is 0.729 bits per heavy atom. The molecule has 0 aromatic heterocycles. The first-order chi connectivity index (χ1) is 22.7. The minimum atomic E-state index is -0.667. The highest BCUT2D eigenvalue weighted by Gasteiger charge is 2.16. The minimum absolute atomic E-state index is 0.212. The number of amides is 2. The molecule has 0 saturated heterocycles. The van der Waals surface area contributed by atoms with Crippen LogP contribution < -0.4 is 10.6 Å². The van der Waals surface area contributed by atoms with Crippen molar-refractivity contribution < 1.29 is 52.4 Å². The molecule has 0 fully saturated rings. The predicted octanol–water partition coefficient (Wildman–Crippen LogP) is 7.52. The number of ether oxygens (including phenoxy) is 6. The van der Waals surface area contributed by atoms with Crippen molar-refractivity contribution in [2.45, 2.75) is 155 Å². The van der Waals surface area contributed by atoms with Gasteiger partial charge in [0.05, 0.1) is 26.4 Å². The molecule has 0 rings (SSSR count). The van der Waals surface area contributed by atoms with Crippen molar-refractivity contribution in [1.29, 1.82) is 0 Å². The lowest BCUT2D eigenvalue weighted by atomic mass is 10.2. The van der Waals surface area contributed by atoms with E-state index in [2.05, 4.69) is 10.6 Å². The number of carbonyl (C=O) groups excluding carboxylic acids is 5. The third-order valence-corrected chi connectivity index (χ3v) is 6.50. The Hall–Kier alpha value is -3.25. The third-order valence-electron chi connectivity index (χ3n) is 6.50. The molecule has 13 nitrogen and oxygen atoms in total. The van der Waals surface area contributed by atoms with Gasteiger partial charge in [-0.25, -0.2) is 14.4 Å². The van der Waals surface area contributed by atoms with Crippen molar-refractivity contribution >= 4 is 30.3 Å². The number of hydrogen-bond donors (Lipinski definition) is 2. The fourth-order valence-electron chi connectivity index (χ4n) is 4.14. The minimum Gasteiger partial charge on any atom is -0.466 e. The third kappa shape index (κ3) is 34.1. The van der Waals surface area contributed by atoms with E-state index in [-0.39, 0.29) is 25.2 Å². The summed E-state index contributed by atoms with van der Waals surface area (Å²) in [6.07, 6.45) is 10.2. The largest absolute Gasteiger partial charge is 0.508 e. The molecule has 0 unspecified atom stereocenters. The van der Waals surface area contributed by atoms with Gasteiger partial charge in [0, 0.05) is 25.9 Å². The second-order valence-electron chi connectivity index (χ2n) is 13.7. The lowest BCUT2D eigenvalue weighted by Crippen LogP contribution is -2.33. The van der Waals surface area contributed by atoms with Crippen LogP contribution in [-0.2, 0) is 38.0 Å². The van der Waals surface area contributed by atoms with Crippen LogP contribution in [0.5, 0.6) is 0 Å². The van der Waals surface area contributed by atoms with Crippen LogP contribution >= 0.6 is 0 Å². The van der Waals surface area contributed by atoms with Gasteiger partial charge in [0.2, 0.25) is 0 Å². The molecule has 0 saturated carbocycles. The summed E-state index contributed by atoms with van der Waals surface area (Å²) < 4.78 is 31.0. The molecule has 0 radical (unpaired) electrons. The maximum atomic E-state index is 11.8. The Bertz CT molecular complexity index is 828. The molecule has 2 N–H and O–H groups in total. The van der Waals surface area contributed by atoms with Crippen molar-refractivity contribution in [3.63, 3.8) is 0 Å². The van der Waals surface area contributed by atoms with E-state index in [1.54, 1.807) is 0 Å². The summed E-state index contributed by atoms with van der Waals surface area (Å²) in [7, 11) is 0. The lowest BCUT2D eigenvalue weighted by Gasteiger charge is -2.19. The lowest BCUT2D eigenvalue weighted by molar-refractivity contribution is -0.144. The zero-order chi connectivity index (χ0) is 36.1. The van der Waals surface area contributed by atoms with Gasteiger partial charge in [0.1, 0.15) is 11.2 Å². The van der Waals surface area contributed by atoms with Crippen LogP contribution in [0.15, 0.2) is 0 Å². The fraction of sp³-hybridized carbons (Fsp3) is 0.857. The van der Waals surface area contributed by atoms with Crippen LogP contribution in [0, 0.1) is 0 Å². The van der Waals surface area contributed by atoms with Crippen LogP contribution in [0.4, 0.5) is 14.4 Å². The summed E-state index contributed by atoms with van der Waals surface area (Å²) in [5.41, 5.74) is -1.03. The highest BCUT2D eigenvalue weighted by atomic mass is 16.7. The number of rotatable bonds is 26. The first kappa shape index (κ1) is 44.8. The quantitative estimate of drug-likeness (QED) is 0.0525. The number of unbranched alkanes of at least 4 members (excludes halogenated alkanes) is 10. The van der Waals surface area contributed by atoms with Crippen molar-refractivity contribution in [3.8, 4) is 0 Å². The van der Waals surface area contributed by atoms with E-state index in [9.17, 15) is 24.0 Å². The summed E-state index contributed by atoms with van der Waals surface area (Å²) >= 11 is 0. The molecule has 48 heavy (non-hydrogen) atoms. The molecule has 13 heteroatoms. The first-order valence-electron chi connectivity index (χ1n) is 17.7. The molecule has 0 heterocycles. The van der Waals surface area contributed by atoms with Gasteiger partial charge in [-0.3, -0.25) is 9.59 Å². The maximum absolute atomic E-state index is 11.8. The number of alkyl carbamates (subject to hydrolysis) is 2. The second kappa shape index (κ2) is 27.7. The molecular weight excluding hydrogens is 624 g/mol. The van der Waals surface area contributed by atoms with E-state index in [1.165, 1.54) is 0 Å². The number of hydrogen-bond acceptors (Lipinski definition) is 11. The summed E-state index contributed by atoms with van der Waals surface area (Å²) in [6.45, 7) is 13.2. The highest BCUT2D eigenvalue weighted by Crippen LogP contribution is 2.09. The molecule has 0 aliphatic heterocycles. The molecule has 0 aromatic carbocycles. The van der Waals surface area contributed by atoms with Gasteiger partial charge in [-0.05, 0) is 119 Å². The molecule has 0 aliphatic carbocycles. The van der Waals surface area contributed by atoms with Crippen LogP contribution in [0.2, 0.25) is 0 Å². The van der Waals surface area contributed by atoms with Crippen LogP contribution in [-0.4, -0.2) is 81.0 Å². The van der Waals surface area contributed by atoms with Gasteiger partial charge in [-0.15, -0.1) is 0 Å². The monoisotopic (exact) mass is 688 g/mol. The highest BCUT2D eigenvalue weighted by molar-refractivity contribution is 5.69. The van der Waals surface area contributed by atoms with Gasteiger partial charge in [0.25, 0.3) is 0 Å². The molecule has 0 atom stereocenters. The van der Waals surface area contributed by atoms with Gasteiger partial charge < -0.3 is 39.1 Å². The van der Waals surface area contributed by atoms with Crippen molar-refractivity contribution in [1.82, 2.24) is 10.6 Å². The van der Waals surface area contributed by atoms with Crippen molar-refractivity contribution in [3.05, 3.63) is 0 Å². The molecule has 0 spiro atoms. The summed E-state index contributed by atoms with van der Waals surface area (Å²) in [4.78, 5) is 58.5. The molecule has 280 valence electrons. The molecule has 2 amide bonds. The standard InChI is InChI=1S/C35H64N2O11/c1-34(2,3)47-31(40)36-23-15-11-13-21-29(38)43-25-17-7-9-19-27-45-33(42)46-28-20-10-8-18-26-44-30(39)22-14-12-16-24-37-32(41)48-35(4,5)6/h7-28H2,1-6H3,(H,36,40)(H,37,41). The zero-order valence-electron chi connectivity index (χ0n) is 30.5. The predicted molar refractivity (Wildman–Crippen MR) is 182 cm³/mol. The number of esters is 2. The van der Waals surface area contributed by atoms with Gasteiger partial charge in [0.15, 0.2) is 0 Å². The van der Waals surface area contributed by atoms with Gasteiger partial charge in [-0.1, -0.05) is 12.8 Å². The Morgan fingerprint density at radius 3 is 1.06 bits per heavy atom. The first-order valence-corrected chi connectivity index (χ1v) is 17.7. The molecule has 0 aliphatic rings. The number of nitrogens with one attached hydrogen (secondary N) is 2. The van der Waals surface area contributed by atoms with E-state index < -0.39 is 29.5 Å². The Balaban J connectivity index is 3.43. The van der Waals surface area contributed by atoms with E-state index >= 15 is 0 Å². The smallest absolute Gasteiger partial charge is 0.466 e. The van der Waals surface area contributed by atoms with Crippen LogP contribution in [0.25, 0.3) is 0 Å². The van der Waals surface area contributed by atoms with Crippen molar-refractivity contribution in [2.75, 3.05) is 39.5 Å². The maximum Gasteiger partial charge on any atom is 0.508 e. The second-order valence-corrected chi connectivity index (χ2v) is 13.7. The fourth-order valence-corrected chi connectivity index (χ4v) is 4.14. The zero-order valence-corrected chi connectivity index (χ0v) is 30.5. The topological polar surface area (TPSA) is 165 Å². The average molecular weight is 689 g/mol. The normalized spacial score (nSPS) is 11.3. The summed E-state index contributed by atoms with van der Waals surface area (Å²) in [6, 6.07) is 0. The van der Waals surface area contributed by atoms with Gasteiger partial charge >= 0.3 is 30.3 Å². The summed E-state index contributed by atoms with van der Waals surface area (Å²) in [5, 5.41) is 5.40.